The van der Waals surface area contributed by atoms with Crippen LogP contribution in [0.15, 0.2) is 34.7 Å². The van der Waals surface area contributed by atoms with E-state index < -0.39 is 0 Å². The summed E-state index contributed by atoms with van der Waals surface area (Å²) in [4.78, 5) is 28.0. The summed E-state index contributed by atoms with van der Waals surface area (Å²) in [7, 11) is 1.77. The van der Waals surface area contributed by atoms with E-state index >= 15 is 0 Å². The van der Waals surface area contributed by atoms with E-state index in [1.807, 2.05) is 37.3 Å². The maximum atomic E-state index is 12.6. The molecule has 1 aliphatic rings. The van der Waals surface area contributed by atoms with Crippen molar-refractivity contribution in [1.82, 2.24) is 9.80 Å². The van der Waals surface area contributed by atoms with E-state index in [9.17, 15) is 9.59 Å². The number of furan rings is 1. The molecule has 1 saturated heterocycles. The third kappa shape index (κ3) is 3.45. The molecular formula is C19H24N2O3. The van der Waals surface area contributed by atoms with Gasteiger partial charge in [-0.05, 0) is 31.9 Å². The van der Waals surface area contributed by atoms with Crippen LogP contribution in [0.3, 0.4) is 0 Å². The van der Waals surface area contributed by atoms with E-state index in [0.29, 0.717) is 13.0 Å². The number of carbonyl (C=O) groups is 2. The van der Waals surface area contributed by atoms with Gasteiger partial charge < -0.3 is 14.2 Å². The van der Waals surface area contributed by atoms with Gasteiger partial charge in [0, 0.05) is 25.4 Å². The first-order valence-corrected chi connectivity index (χ1v) is 8.58. The summed E-state index contributed by atoms with van der Waals surface area (Å²) in [6, 6.07) is 9.61. The number of amides is 2. The second kappa shape index (κ2) is 7.07. The maximum absolute atomic E-state index is 12.6. The molecule has 5 nitrogen and oxygen atoms in total. The van der Waals surface area contributed by atoms with E-state index in [-0.39, 0.29) is 24.4 Å². The summed E-state index contributed by atoms with van der Waals surface area (Å²) >= 11 is 0. The average Bonchev–Trinajstić information content (AvgIpc) is 2.92. The minimum Gasteiger partial charge on any atom is -0.459 e. The molecule has 1 aliphatic heterocycles. The average molecular weight is 328 g/mol. The molecule has 0 radical (unpaired) electrons. The van der Waals surface area contributed by atoms with Gasteiger partial charge in [0.15, 0.2) is 0 Å². The number of nitrogens with zero attached hydrogens (tertiary/aromatic N) is 2. The Morgan fingerprint density at radius 1 is 1.29 bits per heavy atom. The summed E-state index contributed by atoms with van der Waals surface area (Å²) in [5.74, 6) is 0.790. The molecule has 1 unspecified atom stereocenters. The van der Waals surface area contributed by atoms with Crippen LogP contribution in [-0.2, 0) is 9.59 Å². The molecule has 1 fully saturated rings. The smallest absolute Gasteiger partial charge is 0.242 e. The largest absolute Gasteiger partial charge is 0.459 e. The Bertz CT molecular complexity index is 704. The van der Waals surface area contributed by atoms with Crippen molar-refractivity contribution in [2.24, 2.45) is 0 Å². The highest BCUT2D eigenvalue weighted by molar-refractivity contribution is 5.85. The lowest BCUT2D eigenvalue weighted by Crippen LogP contribution is -2.42. The van der Waals surface area contributed by atoms with Gasteiger partial charge in [-0.25, -0.2) is 0 Å². The van der Waals surface area contributed by atoms with E-state index in [4.69, 9.17) is 4.42 Å². The molecule has 1 aromatic heterocycles. The lowest BCUT2D eigenvalue weighted by Gasteiger charge is -2.27. The van der Waals surface area contributed by atoms with Gasteiger partial charge in [0.25, 0.3) is 0 Å². The second-order valence-corrected chi connectivity index (χ2v) is 6.49. The summed E-state index contributed by atoms with van der Waals surface area (Å²) < 4.78 is 5.86. The van der Waals surface area contributed by atoms with Crippen LogP contribution in [0.1, 0.15) is 44.4 Å². The molecule has 0 bridgehead atoms. The fourth-order valence-corrected chi connectivity index (χ4v) is 3.10. The molecule has 5 heteroatoms. The summed E-state index contributed by atoms with van der Waals surface area (Å²) in [5.41, 5.74) is 0.822. The van der Waals surface area contributed by atoms with Crippen LogP contribution in [0.5, 0.6) is 0 Å². The van der Waals surface area contributed by atoms with Crippen LogP contribution in [0, 0.1) is 0 Å². The maximum Gasteiger partial charge on any atom is 0.242 e. The van der Waals surface area contributed by atoms with Crippen molar-refractivity contribution < 1.29 is 14.0 Å². The fourth-order valence-electron chi connectivity index (χ4n) is 3.10. The van der Waals surface area contributed by atoms with Gasteiger partial charge in [0.2, 0.25) is 11.8 Å². The van der Waals surface area contributed by atoms with Crippen LogP contribution >= 0.6 is 0 Å². The molecule has 0 saturated carbocycles. The quantitative estimate of drug-likeness (QED) is 0.865. The SMILES string of the molecule is CC(c1cc2ccccc2o1)N(C)C(=O)CN1CCCCCC1=O. The predicted octanol–water partition coefficient (Wildman–Crippen LogP) is 3.35. The topological polar surface area (TPSA) is 53.8 Å². The van der Waals surface area contributed by atoms with E-state index in [0.717, 1.165) is 36.0 Å². The third-order valence-corrected chi connectivity index (χ3v) is 4.83. The lowest BCUT2D eigenvalue weighted by molar-refractivity contribution is -0.140. The van der Waals surface area contributed by atoms with Gasteiger partial charge in [-0.1, -0.05) is 24.6 Å². The number of carbonyl (C=O) groups excluding carboxylic acids is 2. The van der Waals surface area contributed by atoms with Gasteiger partial charge in [0.1, 0.15) is 11.3 Å². The van der Waals surface area contributed by atoms with Crippen molar-refractivity contribution in [3.8, 4) is 0 Å². The first-order chi connectivity index (χ1) is 11.6. The van der Waals surface area contributed by atoms with Crippen LogP contribution in [0.25, 0.3) is 11.0 Å². The van der Waals surface area contributed by atoms with Crippen molar-refractivity contribution in [1.29, 1.82) is 0 Å². The molecule has 0 N–H and O–H groups in total. The Kier molecular flexibility index (Phi) is 4.88. The number of likely N-dealkylation sites (N-methyl/N-ethyl adjacent to an activating group) is 1. The first-order valence-electron chi connectivity index (χ1n) is 8.58. The Morgan fingerprint density at radius 2 is 2.08 bits per heavy atom. The van der Waals surface area contributed by atoms with Crippen LogP contribution < -0.4 is 0 Å². The molecule has 2 heterocycles. The van der Waals surface area contributed by atoms with Gasteiger partial charge in [0.05, 0.1) is 12.6 Å². The van der Waals surface area contributed by atoms with Gasteiger partial charge in [-0.3, -0.25) is 9.59 Å². The highest BCUT2D eigenvalue weighted by atomic mass is 16.3. The molecule has 0 aliphatic carbocycles. The Morgan fingerprint density at radius 3 is 2.88 bits per heavy atom. The summed E-state index contributed by atoms with van der Waals surface area (Å²) in [5, 5.41) is 1.03. The van der Waals surface area contributed by atoms with E-state index in [2.05, 4.69) is 0 Å². The summed E-state index contributed by atoms with van der Waals surface area (Å²) in [6.45, 7) is 2.77. The third-order valence-electron chi connectivity index (χ3n) is 4.83. The standard InChI is InChI=1S/C19H24N2O3/c1-14(17-12-15-8-5-6-9-16(15)24-17)20(2)19(23)13-21-11-7-3-4-10-18(21)22/h5-6,8-9,12,14H,3-4,7,10-11,13H2,1-2H3. The molecule has 0 spiro atoms. The Hall–Kier alpha value is -2.30. The van der Waals surface area contributed by atoms with Gasteiger partial charge in [-0.2, -0.15) is 0 Å². The monoisotopic (exact) mass is 328 g/mol. The normalized spacial score (nSPS) is 16.9. The summed E-state index contributed by atoms with van der Waals surface area (Å²) in [6.07, 6.45) is 3.51. The van der Waals surface area contributed by atoms with Crippen molar-refractivity contribution in [3.63, 3.8) is 0 Å². The molecule has 1 aromatic carbocycles. The zero-order valence-corrected chi connectivity index (χ0v) is 14.3. The van der Waals surface area contributed by atoms with Crippen molar-refractivity contribution in [2.45, 2.75) is 38.6 Å². The van der Waals surface area contributed by atoms with Crippen LogP contribution in [-0.4, -0.2) is 41.8 Å². The molecule has 128 valence electrons. The van der Waals surface area contributed by atoms with Crippen LogP contribution in [0.4, 0.5) is 0 Å². The van der Waals surface area contributed by atoms with Gasteiger partial charge in [-0.15, -0.1) is 0 Å². The predicted molar refractivity (Wildman–Crippen MR) is 92.4 cm³/mol. The van der Waals surface area contributed by atoms with E-state index in [1.54, 1.807) is 16.8 Å². The second-order valence-electron chi connectivity index (χ2n) is 6.49. The Labute approximate surface area is 142 Å². The molecular weight excluding hydrogens is 304 g/mol. The number of para-hydroxylation sites is 1. The van der Waals surface area contributed by atoms with Crippen LogP contribution in [0.2, 0.25) is 0 Å². The molecule has 24 heavy (non-hydrogen) atoms. The molecule has 2 aromatic rings. The number of hydrogen-bond acceptors (Lipinski definition) is 3. The number of fused-ring (bicyclic) bond motifs is 1. The van der Waals surface area contributed by atoms with Crippen molar-refractivity contribution in [2.75, 3.05) is 20.1 Å². The minimum atomic E-state index is -0.174. The number of benzene rings is 1. The highest BCUT2D eigenvalue weighted by Gasteiger charge is 2.25. The minimum absolute atomic E-state index is 0.0572. The number of hydrogen-bond donors (Lipinski definition) is 0. The highest BCUT2D eigenvalue weighted by Crippen LogP contribution is 2.26. The number of likely N-dealkylation sites (tertiary alicyclic amines) is 1. The lowest BCUT2D eigenvalue weighted by atomic mass is 10.2. The van der Waals surface area contributed by atoms with Gasteiger partial charge >= 0.3 is 0 Å². The van der Waals surface area contributed by atoms with Crippen molar-refractivity contribution >= 4 is 22.8 Å². The Balaban J connectivity index is 1.68. The first kappa shape index (κ1) is 16.6. The number of rotatable bonds is 4. The zero-order chi connectivity index (χ0) is 17.1. The zero-order valence-electron chi connectivity index (χ0n) is 14.3. The van der Waals surface area contributed by atoms with E-state index in [1.165, 1.54) is 0 Å². The molecule has 1 atom stereocenters. The van der Waals surface area contributed by atoms with Crippen molar-refractivity contribution in [3.05, 3.63) is 36.1 Å². The molecule has 2 amide bonds. The fraction of sp³-hybridized carbons (Fsp3) is 0.474. The molecule has 3 rings (SSSR count).